The van der Waals surface area contributed by atoms with Crippen molar-refractivity contribution in [2.75, 3.05) is 37.6 Å². The van der Waals surface area contributed by atoms with Crippen molar-refractivity contribution in [2.45, 2.75) is 26.8 Å². The molecule has 0 saturated carbocycles. The maximum Gasteiger partial charge on any atom is 0.320 e. The molecule has 1 saturated heterocycles. The largest absolute Gasteiger partial charge is 0.353 e. The molecule has 2 amide bonds. The van der Waals surface area contributed by atoms with Gasteiger partial charge in [0.1, 0.15) is 12.1 Å². The number of hydrogen-bond donors (Lipinski definition) is 0. The fourth-order valence-electron chi connectivity index (χ4n) is 2.53. The Labute approximate surface area is 124 Å². The van der Waals surface area contributed by atoms with Crippen LogP contribution in [-0.2, 0) is 0 Å². The average Bonchev–Trinajstić information content (AvgIpc) is 2.47. The van der Waals surface area contributed by atoms with Gasteiger partial charge in [0.2, 0.25) is 5.95 Å². The van der Waals surface area contributed by atoms with Gasteiger partial charge < -0.3 is 14.7 Å². The molecule has 1 aromatic rings. The lowest BCUT2D eigenvalue weighted by Gasteiger charge is -2.38. The third-order valence-electron chi connectivity index (χ3n) is 3.70. The van der Waals surface area contributed by atoms with Crippen molar-refractivity contribution in [3.05, 3.63) is 18.3 Å². The molecule has 2 heterocycles. The van der Waals surface area contributed by atoms with E-state index in [9.17, 15) is 9.18 Å². The summed E-state index contributed by atoms with van der Waals surface area (Å²) in [7, 11) is 0. The van der Waals surface area contributed by atoms with Crippen molar-refractivity contribution in [2.24, 2.45) is 0 Å². The highest BCUT2D eigenvalue weighted by molar-refractivity contribution is 5.75. The van der Waals surface area contributed by atoms with Crippen LogP contribution in [0.2, 0.25) is 0 Å². The van der Waals surface area contributed by atoms with Crippen molar-refractivity contribution in [3.8, 4) is 0 Å². The number of halogens is 1. The summed E-state index contributed by atoms with van der Waals surface area (Å²) >= 11 is 0. The van der Waals surface area contributed by atoms with Gasteiger partial charge in [0.05, 0.1) is 0 Å². The summed E-state index contributed by atoms with van der Waals surface area (Å²) in [5.74, 6) is 0.0429. The summed E-state index contributed by atoms with van der Waals surface area (Å²) in [5, 5.41) is 0. The van der Waals surface area contributed by atoms with Gasteiger partial charge >= 0.3 is 6.03 Å². The monoisotopic (exact) mass is 295 g/mol. The van der Waals surface area contributed by atoms with E-state index >= 15 is 0 Å². The van der Waals surface area contributed by atoms with Crippen molar-refractivity contribution >= 4 is 11.8 Å². The number of aromatic nitrogens is 2. The number of rotatable bonds is 3. The van der Waals surface area contributed by atoms with Gasteiger partial charge in [-0.15, -0.1) is 0 Å². The molecule has 0 bridgehead atoms. The first-order valence-corrected chi connectivity index (χ1v) is 7.31. The third-order valence-corrected chi connectivity index (χ3v) is 3.70. The van der Waals surface area contributed by atoms with Crippen molar-refractivity contribution in [3.63, 3.8) is 0 Å². The lowest BCUT2D eigenvalue weighted by Crippen LogP contribution is -2.54. The van der Waals surface area contributed by atoms with Crippen LogP contribution in [0.1, 0.15) is 20.8 Å². The highest BCUT2D eigenvalue weighted by Crippen LogP contribution is 2.15. The van der Waals surface area contributed by atoms with Crippen molar-refractivity contribution in [1.29, 1.82) is 0 Å². The predicted octanol–water partition coefficient (Wildman–Crippen LogP) is 1.59. The maximum atomic E-state index is 13.1. The fourth-order valence-corrected chi connectivity index (χ4v) is 2.53. The zero-order valence-corrected chi connectivity index (χ0v) is 12.8. The van der Waals surface area contributed by atoms with Gasteiger partial charge in [-0.3, -0.25) is 0 Å². The quantitative estimate of drug-likeness (QED) is 0.795. The summed E-state index contributed by atoms with van der Waals surface area (Å²) in [4.78, 5) is 25.6. The average molecular weight is 295 g/mol. The molecule has 1 fully saturated rings. The van der Waals surface area contributed by atoms with E-state index < -0.39 is 5.95 Å². The number of amides is 2. The molecule has 2 rings (SSSR count). The van der Waals surface area contributed by atoms with Gasteiger partial charge in [-0.2, -0.15) is 4.39 Å². The van der Waals surface area contributed by atoms with E-state index in [1.165, 1.54) is 12.4 Å². The van der Waals surface area contributed by atoms with Crippen LogP contribution in [0.15, 0.2) is 12.4 Å². The number of hydrogen-bond acceptors (Lipinski definition) is 4. The Morgan fingerprint density at radius 2 is 2.00 bits per heavy atom. The molecule has 0 spiro atoms. The molecule has 0 unspecified atom stereocenters. The van der Waals surface area contributed by atoms with Gasteiger partial charge in [-0.25, -0.2) is 14.8 Å². The summed E-state index contributed by atoms with van der Waals surface area (Å²) < 4.78 is 13.1. The molecule has 21 heavy (non-hydrogen) atoms. The number of carbonyl (C=O) groups excluding carboxylic acids is 1. The van der Waals surface area contributed by atoms with E-state index in [0.717, 1.165) is 0 Å². The minimum atomic E-state index is -0.532. The first-order valence-electron chi connectivity index (χ1n) is 7.31. The second kappa shape index (κ2) is 6.69. The molecule has 1 aromatic heterocycles. The molecule has 0 aliphatic carbocycles. The molecule has 116 valence electrons. The van der Waals surface area contributed by atoms with E-state index in [-0.39, 0.29) is 12.1 Å². The number of urea groups is 1. The highest BCUT2D eigenvalue weighted by atomic mass is 19.1. The molecular formula is C14H22FN5O. The van der Waals surface area contributed by atoms with Crippen LogP contribution in [-0.4, -0.2) is 64.6 Å². The van der Waals surface area contributed by atoms with Crippen LogP contribution < -0.4 is 4.90 Å². The molecule has 0 aromatic carbocycles. The predicted molar refractivity (Wildman–Crippen MR) is 78.7 cm³/mol. The molecule has 0 atom stereocenters. The zero-order valence-electron chi connectivity index (χ0n) is 12.8. The molecule has 0 radical (unpaired) electrons. The molecule has 1 aliphatic rings. The van der Waals surface area contributed by atoms with E-state index in [1.54, 1.807) is 0 Å². The summed E-state index contributed by atoms with van der Waals surface area (Å²) in [6.45, 7) is 9.26. The first kappa shape index (κ1) is 15.5. The van der Waals surface area contributed by atoms with Crippen LogP contribution >= 0.6 is 0 Å². The van der Waals surface area contributed by atoms with Crippen LogP contribution in [0.3, 0.4) is 0 Å². The molecular weight excluding hydrogens is 273 g/mol. The van der Waals surface area contributed by atoms with Gasteiger partial charge in [-0.05, 0) is 20.8 Å². The second-order valence-electron chi connectivity index (χ2n) is 5.34. The lowest BCUT2D eigenvalue weighted by molar-refractivity contribution is 0.140. The summed E-state index contributed by atoms with van der Waals surface area (Å²) in [5.41, 5.74) is 0. The Kier molecular flexibility index (Phi) is 4.93. The minimum Gasteiger partial charge on any atom is -0.353 e. The number of piperazine rings is 1. The summed E-state index contributed by atoms with van der Waals surface area (Å²) in [6, 6.07) is 1.58. The smallest absolute Gasteiger partial charge is 0.320 e. The van der Waals surface area contributed by atoms with E-state index in [0.29, 0.717) is 38.5 Å². The molecule has 7 heteroatoms. The topological polar surface area (TPSA) is 52.6 Å². The van der Waals surface area contributed by atoms with Gasteiger partial charge in [0.15, 0.2) is 0 Å². The van der Waals surface area contributed by atoms with Crippen LogP contribution in [0.5, 0.6) is 0 Å². The van der Waals surface area contributed by atoms with E-state index in [1.807, 2.05) is 35.5 Å². The van der Waals surface area contributed by atoms with Gasteiger partial charge in [0.25, 0.3) is 0 Å². The SMILES string of the molecule is CCN(C(=O)N1CCN(c2cc(F)ncn2)CC1)C(C)C. The third kappa shape index (κ3) is 3.59. The Balaban J connectivity index is 1.95. The fraction of sp³-hybridized carbons (Fsp3) is 0.643. The van der Waals surface area contributed by atoms with Crippen LogP contribution in [0.25, 0.3) is 0 Å². The Morgan fingerprint density at radius 1 is 1.33 bits per heavy atom. The molecule has 6 nitrogen and oxygen atoms in total. The minimum absolute atomic E-state index is 0.0704. The van der Waals surface area contributed by atoms with Gasteiger partial charge in [0, 0.05) is 44.8 Å². The Hall–Kier alpha value is -1.92. The molecule has 1 aliphatic heterocycles. The summed E-state index contributed by atoms with van der Waals surface area (Å²) in [6.07, 6.45) is 1.22. The van der Waals surface area contributed by atoms with E-state index in [2.05, 4.69) is 9.97 Å². The first-order chi connectivity index (χ1) is 10.0. The van der Waals surface area contributed by atoms with Crippen LogP contribution in [0.4, 0.5) is 15.0 Å². The standard InChI is InChI=1S/C14H22FN5O/c1-4-20(11(2)3)14(21)19-7-5-18(6-8-19)13-9-12(15)16-10-17-13/h9-11H,4-8H2,1-3H3. The normalized spacial score (nSPS) is 15.5. The Bertz CT molecular complexity index is 488. The lowest BCUT2D eigenvalue weighted by atomic mass is 10.3. The van der Waals surface area contributed by atoms with Crippen molar-refractivity contribution in [1.82, 2.24) is 19.8 Å². The van der Waals surface area contributed by atoms with Gasteiger partial charge in [-0.1, -0.05) is 0 Å². The second-order valence-corrected chi connectivity index (χ2v) is 5.34. The van der Waals surface area contributed by atoms with Crippen LogP contribution in [0, 0.1) is 5.95 Å². The van der Waals surface area contributed by atoms with E-state index in [4.69, 9.17) is 0 Å². The number of carbonyl (C=O) groups is 1. The highest BCUT2D eigenvalue weighted by Gasteiger charge is 2.26. The number of anilines is 1. The van der Waals surface area contributed by atoms with Crippen molar-refractivity contribution < 1.29 is 9.18 Å². The zero-order chi connectivity index (χ0) is 15.4. The maximum absolute atomic E-state index is 13.1. The molecule has 0 N–H and O–H groups in total. The Morgan fingerprint density at radius 3 is 2.52 bits per heavy atom. The number of nitrogens with zero attached hydrogens (tertiary/aromatic N) is 5.